The van der Waals surface area contributed by atoms with E-state index in [2.05, 4.69) is 25.7 Å². The van der Waals surface area contributed by atoms with E-state index in [1.807, 2.05) is 0 Å². The molecular weight excluding hydrogens is 305 g/mol. The molecule has 0 aliphatic carbocycles. The van der Waals surface area contributed by atoms with Crippen LogP contribution >= 0.6 is 15.9 Å². The first kappa shape index (κ1) is 13.6. The summed E-state index contributed by atoms with van der Waals surface area (Å²) in [4.78, 5) is 3.59. The maximum absolute atomic E-state index is 12.1. The number of alkyl halides is 4. The lowest BCUT2D eigenvalue weighted by Crippen LogP contribution is -2.18. The third-order valence-electron chi connectivity index (χ3n) is 1.80. The lowest BCUT2D eigenvalue weighted by molar-refractivity contribution is -0.275. The number of ether oxygens (including phenoxy) is 1. The Labute approximate surface area is 103 Å². The predicted octanol–water partition coefficient (Wildman–Crippen LogP) is 2.65. The van der Waals surface area contributed by atoms with Crippen LogP contribution in [0.2, 0.25) is 0 Å². The van der Waals surface area contributed by atoms with E-state index in [0.717, 1.165) is 6.20 Å². The monoisotopic (exact) mass is 310 g/mol. The molecule has 0 atom stereocenters. The highest BCUT2D eigenvalue weighted by Gasteiger charge is 2.33. The van der Waals surface area contributed by atoms with Gasteiger partial charge in [0.2, 0.25) is 0 Å². The highest BCUT2D eigenvalue weighted by molar-refractivity contribution is 9.08. The van der Waals surface area contributed by atoms with Gasteiger partial charge in [-0.3, -0.25) is 4.98 Å². The molecule has 1 heterocycles. The van der Waals surface area contributed by atoms with Gasteiger partial charge in [0.05, 0.1) is 29.9 Å². The Kier molecular flexibility index (Phi) is 4.17. The SMILES string of the molecule is N#CCc1c(OC(F)(F)F)cnc(CBr)c1O. The lowest BCUT2D eigenvalue weighted by atomic mass is 10.1. The van der Waals surface area contributed by atoms with Crippen LogP contribution in [0.15, 0.2) is 6.20 Å². The van der Waals surface area contributed by atoms with Crippen LogP contribution in [-0.2, 0) is 11.8 Å². The van der Waals surface area contributed by atoms with Crippen molar-refractivity contribution in [1.82, 2.24) is 4.98 Å². The van der Waals surface area contributed by atoms with Gasteiger partial charge in [0.25, 0.3) is 0 Å². The molecule has 0 fully saturated rings. The quantitative estimate of drug-likeness (QED) is 0.872. The zero-order valence-electron chi connectivity index (χ0n) is 8.25. The molecule has 0 radical (unpaired) electrons. The maximum Gasteiger partial charge on any atom is 0.573 e. The molecule has 1 aromatic heterocycles. The van der Waals surface area contributed by atoms with Crippen molar-refractivity contribution in [2.45, 2.75) is 18.1 Å². The fourth-order valence-corrected chi connectivity index (χ4v) is 1.54. The number of halogens is 4. The topological polar surface area (TPSA) is 66.1 Å². The number of rotatable bonds is 3. The van der Waals surface area contributed by atoms with Gasteiger partial charge in [-0.25, -0.2) is 0 Å². The Morgan fingerprint density at radius 2 is 2.18 bits per heavy atom. The van der Waals surface area contributed by atoms with Crippen molar-refractivity contribution in [3.05, 3.63) is 17.5 Å². The van der Waals surface area contributed by atoms with Crippen molar-refractivity contribution in [2.24, 2.45) is 0 Å². The minimum atomic E-state index is -4.89. The second-order valence-corrected chi connectivity index (χ2v) is 3.47. The number of pyridine rings is 1. The smallest absolute Gasteiger partial charge is 0.506 e. The van der Waals surface area contributed by atoms with Crippen molar-refractivity contribution in [3.63, 3.8) is 0 Å². The molecule has 0 amide bonds. The number of hydrogen-bond acceptors (Lipinski definition) is 4. The lowest BCUT2D eigenvalue weighted by Gasteiger charge is -2.13. The summed E-state index contributed by atoms with van der Waals surface area (Å²) in [6, 6.07) is 1.65. The standard InChI is InChI=1S/C9H6BrF3N2O2/c10-3-6-8(16)5(1-2-14)7(4-15-6)17-9(11,12)13/h4,16H,1,3H2. The van der Waals surface area contributed by atoms with Crippen LogP contribution in [0, 0.1) is 11.3 Å². The van der Waals surface area contributed by atoms with Crippen molar-refractivity contribution >= 4 is 15.9 Å². The minimum absolute atomic E-state index is 0.143. The first-order valence-electron chi connectivity index (χ1n) is 4.27. The predicted molar refractivity (Wildman–Crippen MR) is 54.5 cm³/mol. The molecule has 4 nitrogen and oxygen atoms in total. The molecule has 92 valence electrons. The van der Waals surface area contributed by atoms with Gasteiger partial charge in [-0.05, 0) is 0 Å². The molecule has 0 aliphatic rings. The van der Waals surface area contributed by atoms with Gasteiger partial charge in [0.15, 0.2) is 5.75 Å². The minimum Gasteiger partial charge on any atom is -0.506 e. The van der Waals surface area contributed by atoms with Crippen LogP contribution in [0.1, 0.15) is 11.3 Å². The summed E-state index contributed by atoms with van der Waals surface area (Å²) < 4.78 is 39.8. The first-order valence-corrected chi connectivity index (χ1v) is 5.39. The van der Waals surface area contributed by atoms with E-state index in [-0.39, 0.29) is 16.6 Å². The van der Waals surface area contributed by atoms with Crippen molar-refractivity contribution in [1.29, 1.82) is 5.26 Å². The molecule has 1 N–H and O–H groups in total. The van der Waals surface area contributed by atoms with E-state index in [1.54, 1.807) is 6.07 Å². The molecule has 0 spiro atoms. The van der Waals surface area contributed by atoms with Crippen LogP contribution < -0.4 is 4.74 Å². The molecule has 0 saturated carbocycles. The van der Waals surface area contributed by atoms with E-state index >= 15 is 0 Å². The molecule has 0 aliphatic heterocycles. The molecule has 0 bridgehead atoms. The van der Waals surface area contributed by atoms with Crippen LogP contribution in [0.4, 0.5) is 13.2 Å². The Morgan fingerprint density at radius 1 is 1.53 bits per heavy atom. The van der Waals surface area contributed by atoms with Crippen molar-refractivity contribution in [2.75, 3.05) is 0 Å². The van der Waals surface area contributed by atoms with Crippen LogP contribution in [0.5, 0.6) is 11.5 Å². The van der Waals surface area contributed by atoms with Crippen molar-refractivity contribution < 1.29 is 23.0 Å². The summed E-state index contributed by atoms with van der Waals surface area (Å²) in [5.74, 6) is -1.13. The van der Waals surface area contributed by atoms with E-state index in [1.165, 1.54) is 0 Å². The molecule has 8 heteroatoms. The van der Waals surface area contributed by atoms with Crippen LogP contribution in [0.25, 0.3) is 0 Å². The highest BCUT2D eigenvalue weighted by Crippen LogP contribution is 2.34. The Morgan fingerprint density at radius 3 is 2.65 bits per heavy atom. The highest BCUT2D eigenvalue weighted by atomic mass is 79.9. The second kappa shape index (κ2) is 5.23. The normalized spacial score (nSPS) is 11.0. The van der Waals surface area contributed by atoms with Gasteiger partial charge in [0, 0.05) is 5.33 Å². The van der Waals surface area contributed by atoms with E-state index in [9.17, 15) is 18.3 Å². The second-order valence-electron chi connectivity index (χ2n) is 2.91. The molecule has 0 saturated heterocycles. The van der Waals surface area contributed by atoms with Gasteiger partial charge in [-0.2, -0.15) is 5.26 Å². The van der Waals surface area contributed by atoms with E-state index in [4.69, 9.17) is 5.26 Å². The summed E-state index contributed by atoms with van der Waals surface area (Å²) in [5.41, 5.74) is -0.0842. The Hall–Kier alpha value is -1.49. The number of hydrogen-bond donors (Lipinski definition) is 1. The summed E-state index contributed by atoms with van der Waals surface area (Å²) in [6.45, 7) is 0. The average Bonchev–Trinajstić information content (AvgIpc) is 2.22. The number of nitriles is 1. The van der Waals surface area contributed by atoms with Crippen LogP contribution in [0.3, 0.4) is 0 Å². The molecule has 0 unspecified atom stereocenters. The summed E-state index contributed by atoms with van der Waals surface area (Å²) >= 11 is 3.01. The summed E-state index contributed by atoms with van der Waals surface area (Å²) in [7, 11) is 0. The fourth-order valence-electron chi connectivity index (χ4n) is 1.13. The molecule has 1 aromatic rings. The van der Waals surface area contributed by atoms with E-state index < -0.39 is 24.3 Å². The summed E-state index contributed by atoms with van der Waals surface area (Å²) in [5, 5.41) is 18.3. The molecule has 17 heavy (non-hydrogen) atoms. The zero-order chi connectivity index (χ0) is 13.1. The third-order valence-corrected chi connectivity index (χ3v) is 2.33. The van der Waals surface area contributed by atoms with Crippen LogP contribution in [-0.4, -0.2) is 16.5 Å². The van der Waals surface area contributed by atoms with Gasteiger partial charge in [0.1, 0.15) is 5.75 Å². The first-order chi connectivity index (χ1) is 7.89. The molecule has 1 rings (SSSR count). The van der Waals surface area contributed by atoms with Gasteiger partial charge < -0.3 is 9.84 Å². The fraction of sp³-hybridized carbons (Fsp3) is 0.333. The summed E-state index contributed by atoms with van der Waals surface area (Å²) in [6.07, 6.45) is -4.47. The van der Waals surface area contributed by atoms with Gasteiger partial charge in [-0.15, -0.1) is 13.2 Å². The third kappa shape index (κ3) is 3.49. The average molecular weight is 311 g/mol. The zero-order valence-corrected chi connectivity index (χ0v) is 9.84. The van der Waals surface area contributed by atoms with Crippen molar-refractivity contribution in [3.8, 4) is 17.6 Å². The van der Waals surface area contributed by atoms with Gasteiger partial charge in [-0.1, -0.05) is 15.9 Å². The van der Waals surface area contributed by atoms with E-state index in [0.29, 0.717) is 0 Å². The largest absolute Gasteiger partial charge is 0.573 e. The molecular formula is C9H6BrF3N2O2. The Balaban J connectivity index is 3.22. The Bertz CT molecular complexity index is 457. The van der Waals surface area contributed by atoms with Gasteiger partial charge >= 0.3 is 6.36 Å². The molecule has 0 aromatic carbocycles. The number of aromatic nitrogens is 1. The number of aromatic hydroxyl groups is 1. The number of nitrogens with zero attached hydrogens (tertiary/aromatic N) is 2. The maximum atomic E-state index is 12.1.